The highest BCUT2D eigenvalue weighted by molar-refractivity contribution is 6.28. The summed E-state index contributed by atoms with van der Waals surface area (Å²) in [6.07, 6.45) is 0. The fourth-order valence-electron chi connectivity index (χ4n) is 3.09. The van der Waals surface area contributed by atoms with Gasteiger partial charge in [-0.15, -0.1) is 0 Å². The van der Waals surface area contributed by atoms with Gasteiger partial charge in [0.15, 0.2) is 5.78 Å². The summed E-state index contributed by atoms with van der Waals surface area (Å²) >= 11 is 0. The maximum atomic E-state index is 12.7. The molecule has 1 aliphatic rings. The summed E-state index contributed by atoms with van der Waals surface area (Å²) in [5.74, 6) is -0.169. The number of rotatable bonds is 1. The lowest BCUT2D eigenvalue weighted by Crippen LogP contribution is -2.21. The van der Waals surface area contributed by atoms with Gasteiger partial charge < -0.3 is 4.57 Å². The van der Waals surface area contributed by atoms with Crippen LogP contribution in [0.4, 0.5) is 0 Å². The van der Waals surface area contributed by atoms with Crippen LogP contribution in [0.3, 0.4) is 0 Å². The molecule has 0 aliphatic heterocycles. The number of carbonyl (C=O) groups is 2. The molecule has 0 fully saturated rings. The lowest BCUT2D eigenvalue weighted by atomic mass is 9.88. The largest absolute Gasteiger partial charge is 0.340 e. The number of benzene rings is 2. The molecule has 0 atom stereocenters. The predicted molar refractivity (Wildman–Crippen MR) is 84.2 cm³/mol. The van der Waals surface area contributed by atoms with Crippen LogP contribution in [0.15, 0.2) is 60.7 Å². The molecule has 1 aliphatic carbocycles. The fraction of sp³-hybridized carbons (Fsp3) is 0.0526. The van der Waals surface area contributed by atoms with Crippen LogP contribution >= 0.6 is 0 Å². The summed E-state index contributed by atoms with van der Waals surface area (Å²) < 4.78 is 1.82. The molecule has 22 heavy (non-hydrogen) atoms. The first-order valence-corrected chi connectivity index (χ1v) is 7.12. The zero-order valence-corrected chi connectivity index (χ0v) is 12.0. The number of aromatic nitrogens is 1. The van der Waals surface area contributed by atoms with Gasteiger partial charge in [-0.2, -0.15) is 0 Å². The van der Waals surface area contributed by atoms with Crippen LogP contribution in [0.2, 0.25) is 0 Å². The molecule has 2 aromatic carbocycles. The Morgan fingerprint density at radius 3 is 2.00 bits per heavy atom. The standard InChI is InChI=1S/C19H13NO2/c1-20-16(12-7-3-2-4-8-12)11-15-17(20)19(22)14-10-6-5-9-13(14)18(15)21/h2-11H,1H3. The summed E-state index contributed by atoms with van der Waals surface area (Å²) in [4.78, 5) is 25.4. The Labute approximate surface area is 127 Å². The minimum absolute atomic E-state index is 0.0806. The van der Waals surface area contributed by atoms with Crippen LogP contribution < -0.4 is 0 Å². The third kappa shape index (κ3) is 1.62. The zero-order chi connectivity index (χ0) is 15.3. The summed E-state index contributed by atoms with van der Waals surface area (Å²) in [5, 5.41) is 0. The lowest BCUT2D eigenvalue weighted by Gasteiger charge is -2.15. The predicted octanol–water partition coefficient (Wildman–Crippen LogP) is 3.47. The van der Waals surface area contributed by atoms with Crippen molar-refractivity contribution in [3.8, 4) is 11.3 Å². The molecule has 0 N–H and O–H groups in total. The number of hydrogen-bond donors (Lipinski definition) is 0. The molecule has 0 radical (unpaired) electrons. The number of nitrogens with zero attached hydrogens (tertiary/aromatic N) is 1. The highest BCUT2D eigenvalue weighted by atomic mass is 16.1. The van der Waals surface area contributed by atoms with E-state index in [1.807, 2.05) is 48.0 Å². The molecule has 106 valence electrons. The normalized spacial score (nSPS) is 13.0. The van der Waals surface area contributed by atoms with Crippen LogP contribution in [-0.2, 0) is 7.05 Å². The molecular weight excluding hydrogens is 274 g/mol. The molecule has 0 spiro atoms. The summed E-state index contributed by atoms with van der Waals surface area (Å²) in [6.45, 7) is 0. The Bertz CT molecular complexity index is 920. The average molecular weight is 287 g/mol. The van der Waals surface area contributed by atoms with Gasteiger partial charge in [-0.3, -0.25) is 9.59 Å². The molecule has 0 amide bonds. The Kier molecular flexibility index (Phi) is 2.63. The summed E-state index contributed by atoms with van der Waals surface area (Å²) in [7, 11) is 1.83. The van der Waals surface area contributed by atoms with Gasteiger partial charge in [0.05, 0.1) is 5.56 Å². The van der Waals surface area contributed by atoms with E-state index in [0.29, 0.717) is 22.4 Å². The third-order valence-electron chi connectivity index (χ3n) is 4.18. The Morgan fingerprint density at radius 1 is 0.727 bits per heavy atom. The monoisotopic (exact) mass is 287 g/mol. The second-order valence-electron chi connectivity index (χ2n) is 5.42. The SMILES string of the molecule is Cn1c(-c2ccccc2)cc2c1C(=O)c1ccccc1C2=O. The van der Waals surface area contributed by atoms with Crippen molar-refractivity contribution >= 4 is 11.6 Å². The van der Waals surface area contributed by atoms with Gasteiger partial charge in [-0.05, 0) is 11.6 Å². The number of carbonyl (C=O) groups excluding carboxylic acids is 2. The third-order valence-corrected chi connectivity index (χ3v) is 4.18. The second kappa shape index (κ2) is 4.53. The lowest BCUT2D eigenvalue weighted by molar-refractivity contribution is 0.0974. The van der Waals surface area contributed by atoms with Gasteiger partial charge in [-0.1, -0.05) is 54.6 Å². The van der Waals surface area contributed by atoms with Crippen molar-refractivity contribution in [2.24, 2.45) is 7.05 Å². The Hall–Kier alpha value is -2.94. The zero-order valence-electron chi connectivity index (χ0n) is 12.0. The molecular formula is C19H13NO2. The highest BCUT2D eigenvalue weighted by Crippen LogP contribution is 2.32. The molecule has 0 saturated carbocycles. The van der Waals surface area contributed by atoms with E-state index in [1.165, 1.54) is 0 Å². The van der Waals surface area contributed by atoms with E-state index < -0.39 is 0 Å². The number of fused-ring (bicyclic) bond motifs is 2. The molecule has 0 saturated heterocycles. The first-order chi connectivity index (χ1) is 10.7. The number of ketones is 2. The first-order valence-electron chi connectivity index (χ1n) is 7.12. The molecule has 0 bridgehead atoms. The van der Waals surface area contributed by atoms with E-state index in [0.717, 1.165) is 11.3 Å². The molecule has 0 unspecified atom stereocenters. The summed E-state index contributed by atoms with van der Waals surface area (Å²) in [5.41, 5.74) is 3.81. The van der Waals surface area contributed by atoms with E-state index in [4.69, 9.17) is 0 Å². The minimum Gasteiger partial charge on any atom is -0.340 e. The van der Waals surface area contributed by atoms with Gasteiger partial charge in [-0.25, -0.2) is 0 Å². The van der Waals surface area contributed by atoms with Crippen LogP contribution in [0.25, 0.3) is 11.3 Å². The maximum absolute atomic E-state index is 12.7. The van der Waals surface area contributed by atoms with Crippen molar-refractivity contribution in [2.75, 3.05) is 0 Å². The first kappa shape index (κ1) is 12.8. The van der Waals surface area contributed by atoms with Gasteiger partial charge in [0, 0.05) is 23.9 Å². The molecule has 3 heteroatoms. The quantitative estimate of drug-likeness (QED) is 0.538. The Balaban J connectivity index is 1.98. The van der Waals surface area contributed by atoms with E-state index >= 15 is 0 Å². The smallest absolute Gasteiger partial charge is 0.210 e. The van der Waals surface area contributed by atoms with Gasteiger partial charge in [0.25, 0.3) is 0 Å². The van der Waals surface area contributed by atoms with Gasteiger partial charge in [0.1, 0.15) is 5.69 Å². The van der Waals surface area contributed by atoms with Crippen molar-refractivity contribution in [3.63, 3.8) is 0 Å². The maximum Gasteiger partial charge on any atom is 0.210 e. The van der Waals surface area contributed by atoms with E-state index in [-0.39, 0.29) is 11.6 Å². The molecule has 1 heterocycles. The molecule has 4 rings (SSSR count). The fourth-order valence-corrected chi connectivity index (χ4v) is 3.09. The van der Waals surface area contributed by atoms with Crippen LogP contribution in [0.1, 0.15) is 32.0 Å². The van der Waals surface area contributed by atoms with Crippen molar-refractivity contribution in [1.29, 1.82) is 0 Å². The van der Waals surface area contributed by atoms with Crippen molar-refractivity contribution in [2.45, 2.75) is 0 Å². The average Bonchev–Trinajstić information content (AvgIpc) is 2.91. The molecule has 1 aromatic heterocycles. The van der Waals surface area contributed by atoms with Crippen LogP contribution in [0.5, 0.6) is 0 Å². The second-order valence-corrected chi connectivity index (χ2v) is 5.42. The molecule has 3 nitrogen and oxygen atoms in total. The van der Waals surface area contributed by atoms with Crippen molar-refractivity contribution < 1.29 is 9.59 Å². The Morgan fingerprint density at radius 2 is 1.32 bits per heavy atom. The van der Waals surface area contributed by atoms with Crippen molar-refractivity contribution in [3.05, 3.63) is 83.0 Å². The minimum atomic E-state index is -0.0881. The molecule has 3 aromatic rings. The van der Waals surface area contributed by atoms with E-state index in [2.05, 4.69) is 0 Å². The van der Waals surface area contributed by atoms with E-state index in [9.17, 15) is 9.59 Å². The van der Waals surface area contributed by atoms with Crippen LogP contribution in [-0.4, -0.2) is 16.1 Å². The van der Waals surface area contributed by atoms with Gasteiger partial charge in [0.2, 0.25) is 5.78 Å². The van der Waals surface area contributed by atoms with E-state index in [1.54, 1.807) is 24.3 Å². The van der Waals surface area contributed by atoms with Gasteiger partial charge >= 0.3 is 0 Å². The summed E-state index contributed by atoms with van der Waals surface area (Å²) in [6, 6.07) is 18.6. The highest BCUT2D eigenvalue weighted by Gasteiger charge is 2.33. The van der Waals surface area contributed by atoms with Crippen LogP contribution in [0, 0.1) is 0 Å². The number of hydrogen-bond acceptors (Lipinski definition) is 2. The van der Waals surface area contributed by atoms with Crippen molar-refractivity contribution in [1.82, 2.24) is 4.57 Å². The topological polar surface area (TPSA) is 39.1 Å².